The van der Waals surface area contributed by atoms with Crippen LogP contribution in [0.25, 0.3) is 0 Å². The number of amides is 1. The quantitative estimate of drug-likeness (QED) is 0.734. The molecule has 0 atom stereocenters. The third-order valence-corrected chi connectivity index (χ3v) is 6.96. The lowest BCUT2D eigenvalue weighted by Crippen LogP contribution is -2.22. The summed E-state index contributed by atoms with van der Waals surface area (Å²) in [4.78, 5) is 26.0. The molecule has 0 saturated heterocycles. The maximum atomic E-state index is 12.9. The highest BCUT2D eigenvalue weighted by molar-refractivity contribution is 7.93. The summed E-state index contributed by atoms with van der Waals surface area (Å²) in [5, 5.41) is 0.0969. The van der Waals surface area contributed by atoms with Crippen LogP contribution in [0.5, 0.6) is 0 Å². The first-order chi connectivity index (χ1) is 12.5. The molecule has 0 spiro atoms. The van der Waals surface area contributed by atoms with E-state index in [-0.39, 0.29) is 32.0 Å². The van der Waals surface area contributed by atoms with Crippen molar-refractivity contribution in [2.75, 3.05) is 25.9 Å². The zero-order valence-corrected chi connectivity index (χ0v) is 17.8. The van der Waals surface area contributed by atoms with Gasteiger partial charge < -0.3 is 9.64 Å². The van der Waals surface area contributed by atoms with E-state index in [1.165, 1.54) is 30.2 Å². The van der Waals surface area contributed by atoms with Gasteiger partial charge in [0.15, 0.2) is 0 Å². The molecule has 10 heteroatoms. The van der Waals surface area contributed by atoms with E-state index in [1.54, 1.807) is 27.9 Å². The van der Waals surface area contributed by atoms with Crippen LogP contribution in [0.2, 0.25) is 5.02 Å². The lowest BCUT2D eigenvalue weighted by Gasteiger charge is -2.13. The molecule has 2 aromatic rings. The molecule has 1 aromatic heterocycles. The Hall–Kier alpha value is -2.10. The minimum absolute atomic E-state index is 0.0394. The van der Waals surface area contributed by atoms with Crippen LogP contribution in [0.4, 0.5) is 5.00 Å². The van der Waals surface area contributed by atoms with E-state index >= 15 is 0 Å². The smallest absolute Gasteiger partial charge is 0.341 e. The molecule has 1 heterocycles. The zero-order valence-electron chi connectivity index (χ0n) is 15.4. The predicted octanol–water partition coefficient (Wildman–Crippen LogP) is 3.31. The number of benzene rings is 1. The molecular formula is C17H19ClN2O5S2. The largest absolute Gasteiger partial charge is 0.465 e. The van der Waals surface area contributed by atoms with Gasteiger partial charge in [-0.05, 0) is 37.6 Å². The zero-order chi connectivity index (χ0) is 20.5. The van der Waals surface area contributed by atoms with Gasteiger partial charge in [-0.25, -0.2) is 13.2 Å². The van der Waals surface area contributed by atoms with Gasteiger partial charge in [0.2, 0.25) is 0 Å². The van der Waals surface area contributed by atoms with Crippen LogP contribution in [0, 0.1) is 13.8 Å². The van der Waals surface area contributed by atoms with E-state index in [4.69, 9.17) is 16.3 Å². The van der Waals surface area contributed by atoms with Crippen molar-refractivity contribution >= 4 is 49.8 Å². The number of ether oxygens (including phenoxy) is 1. The maximum absolute atomic E-state index is 12.9. The number of methoxy groups -OCH3 is 1. The Balaban J connectivity index is 2.53. The lowest BCUT2D eigenvalue weighted by molar-refractivity contribution is 0.0601. The molecule has 0 radical (unpaired) electrons. The van der Waals surface area contributed by atoms with Crippen molar-refractivity contribution in [2.24, 2.45) is 0 Å². The molecule has 0 aliphatic heterocycles. The second-order valence-corrected chi connectivity index (χ2v) is 9.21. The number of anilines is 1. The molecule has 7 nitrogen and oxygen atoms in total. The first kappa shape index (κ1) is 21.2. The normalized spacial score (nSPS) is 11.2. The van der Waals surface area contributed by atoms with E-state index in [0.29, 0.717) is 5.56 Å². The number of esters is 1. The fraction of sp³-hybridized carbons (Fsp3) is 0.294. The average molecular weight is 431 g/mol. The highest BCUT2D eigenvalue weighted by Gasteiger charge is 2.26. The molecule has 1 N–H and O–H groups in total. The molecule has 1 amide bonds. The van der Waals surface area contributed by atoms with Crippen molar-refractivity contribution in [2.45, 2.75) is 18.7 Å². The summed E-state index contributed by atoms with van der Waals surface area (Å²) in [6, 6.07) is 4.00. The SMILES string of the molecule is COC(=O)c1c(NS(=O)(=O)c2cc(C(=O)N(C)C)ccc2Cl)sc(C)c1C. The molecule has 0 unspecified atom stereocenters. The third-order valence-electron chi connectivity index (χ3n) is 3.88. The molecule has 27 heavy (non-hydrogen) atoms. The van der Waals surface area contributed by atoms with Crippen molar-refractivity contribution < 1.29 is 22.7 Å². The highest BCUT2D eigenvalue weighted by atomic mass is 35.5. The van der Waals surface area contributed by atoms with Crippen molar-refractivity contribution in [3.05, 3.63) is 44.8 Å². The molecule has 0 bridgehead atoms. The summed E-state index contributed by atoms with van der Waals surface area (Å²) in [7, 11) is 0.197. The lowest BCUT2D eigenvalue weighted by atomic mass is 10.2. The third kappa shape index (κ3) is 4.26. The second-order valence-electron chi connectivity index (χ2n) is 5.93. The number of rotatable bonds is 5. The van der Waals surface area contributed by atoms with Crippen molar-refractivity contribution in [1.29, 1.82) is 0 Å². The average Bonchev–Trinajstić information content (AvgIpc) is 2.86. The Morgan fingerprint density at radius 3 is 2.41 bits per heavy atom. The molecular weight excluding hydrogens is 412 g/mol. The summed E-state index contributed by atoms with van der Waals surface area (Å²) < 4.78 is 32.9. The van der Waals surface area contributed by atoms with Crippen LogP contribution in [0.3, 0.4) is 0 Å². The number of nitrogens with one attached hydrogen (secondary N) is 1. The summed E-state index contributed by atoms with van der Waals surface area (Å²) in [5.41, 5.74) is 0.962. The first-order valence-corrected chi connectivity index (χ1v) is 10.4. The van der Waals surface area contributed by atoms with Gasteiger partial charge in [-0.15, -0.1) is 11.3 Å². The van der Waals surface area contributed by atoms with E-state index in [2.05, 4.69) is 4.72 Å². The van der Waals surface area contributed by atoms with Gasteiger partial charge in [0, 0.05) is 24.5 Å². The van der Waals surface area contributed by atoms with Gasteiger partial charge in [-0.3, -0.25) is 9.52 Å². The standard InChI is InChI=1S/C17H19ClN2O5S2/c1-9-10(2)26-15(14(9)17(22)25-5)19-27(23,24)13-8-11(6-7-12(13)18)16(21)20(3)4/h6-8,19H,1-5H3. The Bertz CT molecular complexity index is 1010. The first-order valence-electron chi connectivity index (χ1n) is 7.72. The molecule has 0 saturated carbocycles. The van der Waals surface area contributed by atoms with Gasteiger partial charge in [-0.1, -0.05) is 11.6 Å². The van der Waals surface area contributed by atoms with Gasteiger partial charge >= 0.3 is 5.97 Å². The van der Waals surface area contributed by atoms with Crippen LogP contribution >= 0.6 is 22.9 Å². The van der Waals surface area contributed by atoms with E-state index in [9.17, 15) is 18.0 Å². The number of aryl methyl sites for hydroxylation is 1. The van der Waals surface area contributed by atoms with Crippen LogP contribution in [-0.4, -0.2) is 46.4 Å². The number of carbonyl (C=O) groups excluding carboxylic acids is 2. The molecule has 2 rings (SSSR count). The summed E-state index contributed by atoms with van der Waals surface area (Å²) >= 11 is 7.18. The fourth-order valence-electron chi connectivity index (χ4n) is 2.32. The number of nitrogens with zero attached hydrogens (tertiary/aromatic N) is 1. The Morgan fingerprint density at radius 2 is 1.85 bits per heavy atom. The summed E-state index contributed by atoms with van der Waals surface area (Å²) in [6.45, 7) is 3.48. The van der Waals surface area contributed by atoms with Crippen LogP contribution in [0.15, 0.2) is 23.1 Å². The van der Waals surface area contributed by atoms with Crippen LogP contribution < -0.4 is 4.72 Å². The Morgan fingerprint density at radius 1 is 1.22 bits per heavy atom. The fourth-order valence-corrected chi connectivity index (χ4v) is 5.21. The van der Waals surface area contributed by atoms with Gasteiger partial charge in [0.1, 0.15) is 9.90 Å². The van der Waals surface area contributed by atoms with E-state index in [1.807, 2.05) is 0 Å². The number of carbonyl (C=O) groups is 2. The van der Waals surface area contributed by atoms with Crippen LogP contribution in [0.1, 0.15) is 31.2 Å². The molecule has 0 fully saturated rings. The van der Waals surface area contributed by atoms with Crippen molar-refractivity contribution in [3.63, 3.8) is 0 Å². The summed E-state index contributed by atoms with van der Waals surface area (Å²) in [5.74, 6) is -1.00. The minimum atomic E-state index is -4.14. The van der Waals surface area contributed by atoms with Gasteiger partial charge in [0.05, 0.1) is 17.7 Å². The van der Waals surface area contributed by atoms with E-state index < -0.39 is 16.0 Å². The topological polar surface area (TPSA) is 92.8 Å². The molecule has 0 aliphatic rings. The number of thiophene rings is 1. The highest BCUT2D eigenvalue weighted by Crippen LogP contribution is 2.35. The van der Waals surface area contributed by atoms with Crippen LogP contribution in [-0.2, 0) is 14.8 Å². The van der Waals surface area contributed by atoms with E-state index in [0.717, 1.165) is 16.2 Å². The van der Waals surface area contributed by atoms with Crippen molar-refractivity contribution in [3.8, 4) is 0 Å². The van der Waals surface area contributed by atoms with Gasteiger partial charge in [0.25, 0.3) is 15.9 Å². The number of sulfonamides is 1. The Labute approximate surface area is 166 Å². The number of hydrogen-bond acceptors (Lipinski definition) is 6. The van der Waals surface area contributed by atoms with Gasteiger partial charge in [-0.2, -0.15) is 0 Å². The maximum Gasteiger partial charge on any atom is 0.341 e. The molecule has 146 valence electrons. The molecule has 1 aromatic carbocycles. The monoisotopic (exact) mass is 430 g/mol. The number of hydrogen-bond donors (Lipinski definition) is 1. The second kappa shape index (κ2) is 7.87. The summed E-state index contributed by atoms with van der Waals surface area (Å²) in [6.07, 6.45) is 0. The van der Waals surface area contributed by atoms with Crippen molar-refractivity contribution in [1.82, 2.24) is 4.90 Å². The number of halogens is 1. The molecule has 0 aliphatic carbocycles. The Kier molecular flexibility index (Phi) is 6.18. The predicted molar refractivity (Wildman–Crippen MR) is 105 cm³/mol. The minimum Gasteiger partial charge on any atom is -0.465 e.